The Balaban J connectivity index is 1.60. The summed E-state index contributed by atoms with van der Waals surface area (Å²) < 4.78 is 2.16. The largest absolute Gasteiger partial charge is 0.378 e. The molecule has 0 bridgehead atoms. The van der Waals surface area contributed by atoms with Crippen molar-refractivity contribution in [1.29, 1.82) is 0 Å². The van der Waals surface area contributed by atoms with Crippen LogP contribution in [0.2, 0.25) is 0 Å². The lowest BCUT2D eigenvalue weighted by Gasteiger charge is -2.18. The molecule has 1 aliphatic rings. The standard InChI is InChI=1S/C16H22N4/c1-2-19-12-9-17-16(19)13-18-14-5-7-15(8-6-14)20-10-3-4-11-20/h5-9,12,18H,2-4,10-11,13H2,1H3. The minimum atomic E-state index is 0.768. The molecular formula is C16H22N4. The first-order valence-corrected chi connectivity index (χ1v) is 7.45. The molecule has 1 aromatic heterocycles. The van der Waals surface area contributed by atoms with Gasteiger partial charge in [-0.05, 0) is 44.0 Å². The van der Waals surface area contributed by atoms with Crippen LogP contribution in [0, 0.1) is 0 Å². The fraction of sp³-hybridized carbons (Fsp3) is 0.438. The second kappa shape index (κ2) is 5.99. The number of rotatable bonds is 5. The average molecular weight is 270 g/mol. The highest BCUT2D eigenvalue weighted by Crippen LogP contribution is 2.22. The summed E-state index contributed by atoms with van der Waals surface area (Å²) in [7, 11) is 0. The van der Waals surface area contributed by atoms with Crippen molar-refractivity contribution in [3.05, 3.63) is 42.5 Å². The van der Waals surface area contributed by atoms with E-state index in [0.717, 1.165) is 24.6 Å². The molecule has 0 unspecified atom stereocenters. The van der Waals surface area contributed by atoms with Gasteiger partial charge in [0.15, 0.2) is 0 Å². The molecule has 0 atom stereocenters. The SMILES string of the molecule is CCn1ccnc1CNc1ccc(N2CCCC2)cc1. The maximum absolute atomic E-state index is 4.37. The first-order chi connectivity index (χ1) is 9.86. The van der Waals surface area contributed by atoms with Gasteiger partial charge in [-0.15, -0.1) is 0 Å². The molecule has 1 aromatic carbocycles. The third kappa shape index (κ3) is 2.79. The van der Waals surface area contributed by atoms with Crippen LogP contribution < -0.4 is 10.2 Å². The predicted molar refractivity (Wildman–Crippen MR) is 83.1 cm³/mol. The van der Waals surface area contributed by atoms with Crippen LogP contribution in [0.4, 0.5) is 11.4 Å². The molecule has 0 amide bonds. The Morgan fingerprint density at radius 1 is 1.15 bits per heavy atom. The van der Waals surface area contributed by atoms with E-state index < -0.39 is 0 Å². The van der Waals surface area contributed by atoms with Crippen molar-refractivity contribution in [1.82, 2.24) is 9.55 Å². The van der Waals surface area contributed by atoms with Crippen molar-refractivity contribution in [3.8, 4) is 0 Å². The van der Waals surface area contributed by atoms with Gasteiger partial charge in [-0.25, -0.2) is 4.98 Å². The van der Waals surface area contributed by atoms with Gasteiger partial charge >= 0.3 is 0 Å². The molecule has 3 rings (SSSR count). The minimum Gasteiger partial charge on any atom is -0.378 e. The van der Waals surface area contributed by atoms with Crippen molar-refractivity contribution >= 4 is 11.4 Å². The molecule has 1 aliphatic heterocycles. The van der Waals surface area contributed by atoms with E-state index in [4.69, 9.17) is 0 Å². The summed E-state index contributed by atoms with van der Waals surface area (Å²) in [6.07, 6.45) is 6.52. The Bertz CT molecular complexity index is 538. The Labute approximate surface area is 120 Å². The predicted octanol–water partition coefficient (Wildman–Crippen LogP) is 3.12. The van der Waals surface area contributed by atoms with E-state index in [1.165, 1.54) is 31.6 Å². The lowest BCUT2D eigenvalue weighted by Crippen LogP contribution is -2.17. The summed E-state index contributed by atoms with van der Waals surface area (Å²) in [6, 6.07) is 8.74. The third-order valence-electron chi connectivity index (χ3n) is 3.93. The topological polar surface area (TPSA) is 33.1 Å². The molecule has 1 saturated heterocycles. The van der Waals surface area contributed by atoms with Gasteiger partial charge in [-0.3, -0.25) is 0 Å². The summed E-state index contributed by atoms with van der Waals surface area (Å²) in [4.78, 5) is 6.83. The number of hydrogen-bond donors (Lipinski definition) is 1. The highest BCUT2D eigenvalue weighted by atomic mass is 15.1. The highest BCUT2D eigenvalue weighted by Gasteiger charge is 2.11. The molecule has 1 fully saturated rings. The van der Waals surface area contributed by atoms with E-state index in [1.807, 2.05) is 12.4 Å². The van der Waals surface area contributed by atoms with Gasteiger partial charge in [0.2, 0.25) is 0 Å². The molecule has 2 aromatic rings. The second-order valence-corrected chi connectivity index (χ2v) is 5.22. The van der Waals surface area contributed by atoms with E-state index in [0.29, 0.717) is 0 Å². The van der Waals surface area contributed by atoms with Crippen LogP contribution in [0.3, 0.4) is 0 Å². The number of nitrogens with zero attached hydrogens (tertiary/aromatic N) is 3. The molecule has 4 heteroatoms. The monoisotopic (exact) mass is 270 g/mol. The molecular weight excluding hydrogens is 248 g/mol. The minimum absolute atomic E-state index is 0.768. The Hall–Kier alpha value is -1.97. The van der Waals surface area contributed by atoms with Crippen LogP contribution in [0.15, 0.2) is 36.7 Å². The molecule has 0 radical (unpaired) electrons. The molecule has 0 saturated carbocycles. The van der Waals surface area contributed by atoms with Gasteiger partial charge in [0, 0.05) is 43.4 Å². The maximum atomic E-state index is 4.37. The first kappa shape index (κ1) is 13.0. The van der Waals surface area contributed by atoms with Gasteiger partial charge in [0.1, 0.15) is 5.82 Å². The molecule has 0 spiro atoms. The molecule has 4 nitrogen and oxygen atoms in total. The zero-order chi connectivity index (χ0) is 13.8. The fourth-order valence-electron chi connectivity index (χ4n) is 2.74. The van der Waals surface area contributed by atoms with Crippen LogP contribution in [0.5, 0.6) is 0 Å². The van der Waals surface area contributed by atoms with E-state index >= 15 is 0 Å². The fourth-order valence-corrected chi connectivity index (χ4v) is 2.74. The summed E-state index contributed by atoms with van der Waals surface area (Å²) >= 11 is 0. The number of hydrogen-bond acceptors (Lipinski definition) is 3. The number of imidazole rings is 1. The number of nitrogens with one attached hydrogen (secondary N) is 1. The third-order valence-corrected chi connectivity index (χ3v) is 3.93. The van der Waals surface area contributed by atoms with Gasteiger partial charge < -0.3 is 14.8 Å². The highest BCUT2D eigenvalue weighted by molar-refractivity contribution is 5.55. The van der Waals surface area contributed by atoms with Crippen LogP contribution in [-0.2, 0) is 13.1 Å². The number of aryl methyl sites for hydroxylation is 1. The summed E-state index contributed by atoms with van der Waals surface area (Å²) in [5.41, 5.74) is 2.49. The van der Waals surface area contributed by atoms with Crippen LogP contribution >= 0.6 is 0 Å². The number of benzene rings is 1. The van der Waals surface area contributed by atoms with E-state index in [-0.39, 0.29) is 0 Å². The van der Waals surface area contributed by atoms with Crippen LogP contribution in [0.1, 0.15) is 25.6 Å². The van der Waals surface area contributed by atoms with Crippen LogP contribution in [-0.4, -0.2) is 22.6 Å². The lowest BCUT2D eigenvalue weighted by molar-refractivity contribution is 0.708. The number of aromatic nitrogens is 2. The van der Waals surface area contributed by atoms with Crippen molar-refractivity contribution in [2.45, 2.75) is 32.9 Å². The van der Waals surface area contributed by atoms with Gasteiger partial charge in [-0.2, -0.15) is 0 Å². The quantitative estimate of drug-likeness (QED) is 0.906. The van der Waals surface area contributed by atoms with Crippen LogP contribution in [0.25, 0.3) is 0 Å². The van der Waals surface area contributed by atoms with Crippen molar-refractivity contribution in [2.75, 3.05) is 23.3 Å². The Morgan fingerprint density at radius 3 is 2.60 bits per heavy atom. The zero-order valence-electron chi connectivity index (χ0n) is 12.0. The van der Waals surface area contributed by atoms with Crippen molar-refractivity contribution in [3.63, 3.8) is 0 Å². The Kier molecular flexibility index (Phi) is 3.90. The van der Waals surface area contributed by atoms with Gasteiger partial charge in [-0.1, -0.05) is 0 Å². The van der Waals surface area contributed by atoms with Gasteiger partial charge in [0.05, 0.1) is 6.54 Å². The normalized spacial score (nSPS) is 14.8. The molecule has 2 heterocycles. The summed E-state index contributed by atoms with van der Waals surface area (Å²) in [5.74, 6) is 1.08. The molecule has 0 aliphatic carbocycles. The summed E-state index contributed by atoms with van der Waals surface area (Å²) in [6.45, 7) is 6.26. The average Bonchev–Trinajstić information content (AvgIpc) is 3.16. The van der Waals surface area contributed by atoms with E-state index in [2.05, 4.69) is 51.0 Å². The molecule has 106 valence electrons. The second-order valence-electron chi connectivity index (χ2n) is 5.22. The maximum Gasteiger partial charge on any atom is 0.128 e. The van der Waals surface area contributed by atoms with E-state index in [9.17, 15) is 0 Å². The smallest absolute Gasteiger partial charge is 0.128 e. The van der Waals surface area contributed by atoms with Gasteiger partial charge in [0.25, 0.3) is 0 Å². The Morgan fingerprint density at radius 2 is 1.90 bits per heavy atom. The van der Waals surface area contributed by atoms with E-state index in [1.54, 1.807) is 0 Å². The van der Waals surface area contributed by atoms with Crippen molar-refractivity contribution in [2.24, 2.45) is 0 Å². The van der Waals surface area contributed by atoms with Crippen molar-refractivity contribution < 1.29 is 0 Å². The number of anilines is 2. The molecule has 1 N–H and O–H groups in total. The zero-order valence-corrected chi connectivity index (χ0v) is 12.0. The summed E-state index contributed by atoms with van der Waals surface area (Å²) in [5, 5.41) is 3.44. The lowest BCUT2D eigenvalue weighted by atomic mass is 10.2. The first-order valence-electron chi connectivity index (χ1n) is 7.45. The molecule has 20 heavy (non-hydrogen) atoms.